The second kappa shape index (κ2) is 5.07. The highest BCUT2D eigenvalue weighted by molar-refractivity contribution is 9.10. The summed E-state index contributed by atoms with van der Waals surface area (Å²) in [6, 6.07) is 8.19. The molecule has 2 atom stereocenters. The van der Waals surface area contributed by atoms with Crippen molar-refractivity contribution in [3.63, 3.8) is 0 Å². The van der Waals surface area contributed by atoms with Crippen LogP contribution in [0.4, 0.5) is 0 Å². The quantitative estimate of drug-likeness (QED) is 0.856. The summed E-state index contributed by atoms with van der Waals surface area (Å²) in [4.78, 5) is 0. The van der Waals surface area contributed by atoms with Gasteiger partial charge in [-0.2, -0.15) is 0 Å². The van der Waals surface area contributed by atoms with Crippen molar-refractivity contribution < 1.29 is 9.84 Å². The lowest BCUT2D eigenvalue weighted by Gasteiger charge is -2.29. The van der Waals surface area contributed by atoms with Gasteiger partial charge in [-0.3, -0.25) is 0 Å². The maximum atomic E-state index is 8.94. The zero-order chi connectivity index (χ0) is 10.7. The molecule has 1 aromatic carbocycles. The number of halogens is 1. The summed E-state index contributed by atoms with van der Waals surface area (Å²) in [6.45, 7) is 1.45. The number of benzene rings is 1. The first-order chi connectivity index (χ1) is 7.29. The smallest absolute Gasteiger partial charge is 0.0950 e. The summed E-state index contributed by atoms with van der Waals surface area (Å²) in [5.74, 6) is 0. The average Bonchev–Trinajstić information content (AvgIpc) is 2.29. The number of ether oxygens (including phenoxy) is 1. The molecule has 0 saturated carbocycles. The van der Waals surface area contributed by atoms with Crippen LogP contribution < -0.4 is 5.32 Å². The highest BCUT2D eigenvalue weighted by Gasteiger charge is 2.21. The van der Waals surface area contributed by atoms with Crippen molar-refractivity contribution >= 4 is 15.9 Å². The van der Waals surface area contributed by atoms with Crippen LogP contribution in [0.15, 0.2) is 28.7 Å². The summed E-state index contributed by atoms with van der Waals surface area (Å²) in [5, 5.41) is 12.2. The third-order valence-electron chi connectivity index (χ3n) is 2.53. The summed E-state index contributed by atoms with van der Waals surface area (Å²) in [6.07, 6.45) is 0.0882. The first-order valence-corrected chi connectivity index (χ1v) is 5.80. The lowest BCUT2D eigenvalue weighted by Crippen LogP contribution is -2.44. The maximum absolute atomic E-state index is 8.94. The molecule has 0 amide bonds. The van der Waals surface area contributed by atoms with Crippen LogP contribution >= 0.6 is 15.9 Å². The van der Waals surface area contributed by atoms with E-state index < -0.39 is 0 Å². The number of hydrogen-bond donors (Lipinski definition) is 2. The molecular formula is C11H14BrNO2. The topological polar surface area (TPSA) is 41.5 Å². The van der Waals surface area contributed by atoms with Crippen LogP contribution in [0.2, 0.25) is 0 Å². The van der Waals surface area contributed by atoms with E-state index in [4.69, 9.17) is 9.84 Å². The van der Waals surface area contributed by atoms with Crippen molar-refractivity contribution in [1.29, 1.82) is 0 Å². The van der Waals surface area contributed by atoms with Gasteiger partial charge in [0.1, 0.15) is 0 Å². The Hall–Kier alpha value is -0.420. The first kappa shape index (κ1) is 11.1. The number of hydrogen-bond acceptors (Lipinski definition) is 3. The Morgan fingerprint density at radius 2 is 2.40 bits per heavy atom. The lowest BCUT2D eigenvalue weighted by atomic mass is 10.1. The van der Waals surface area contributed by atoms with E-state index in [1.807, 2.05) is 12.1 Å². The highest BCUT2D eigenvalue weighted by atomic mass is 79.9. The summed E-state index contributed by atoms with van der Waals surface area (Å²) >= 11 is 3.44. The van der Waals surface area contributed by atoms with Crippen LogP contribution in [0, 0.1) is 0 Å². The molecule has 0 bridgehead atoms. The minimum Gasteiger partial charge on any atom is -0.395 e. The Morgan fingerprint density at radius 3 is 3.00 bits per heavy atom. The van der Waals surface area contributed by atoms with E-state index in [0.29, 0.717) is 6.61 Å². The van der Waals surface area contributed by atoms with E-state index in [1.54, 1.807) is 0 Å². The van der Waals surface area contributed by atoms with Gasteiger partial charge in [0.2, 0.25) is 0 Å². The molecule has 1 heterocycles. The molecule has 82 valence electrons. The third kappa shape index (κ3) is 2.78. The van der Waals surface area contributed by atoms with Gasteiger partial charge in [-0.25, -0.2) is 0 Å². The van der Waals surface area contributed by atoms with Crippen LogP contribution in [-0.4, -0.2) is 30.9 Å². The van der Waals surface area contributed by atoms with E-state index in [9.17, 15) is 0 Å². The van der Waals surface area contributed by atoms with Crippen LogP contribution in [0.3, 0.4) is 0 Å². The second-order valence-corrected chi connectivity index (χ2v) is 4.58. The number of rotatable bonds is 2. The van der Waals surface area contributed by atoms with Gasteiger partial charge in [0.05, 0.1) is 25.4 Å². The fourth-order valence-corrected chi connectivity index (χ4v) is 2.08. The van der Waals surface area contributed by atoms with E-state index in [2.05, 4.69) is 33.4 Å². The molecule has 1 aliphatic rings. The van der Waals surface area contributed by atoms with E-state index in [-0.39, 0.29) is 18.8 Å². The fourth-order valence-electron chi connectivity index (χ4n) is 1.66. The Labute approximate surface area is 97.6 Å². The van der Waals surface area contributed by atoms with Crippen molar-refractivity contribution in [1.82, 2.24) is 5.32 Å². The van der Waals surface area contributed by atoms with Crippen LogP contribution in [-0.2, 0) is 4.74 Å². The monoisotopic (exact) mass is 271 g/mol. The van der Waals surface area contributed by atoms with Crippen LogP contribution in [0.5, 0.6) is 0 Å². The van der Waals surface area contributed by atoms with Crippen molar-refractivity contribution in [2.45, 2.75) is 12.1 Å². The standard InChI is InChI=1S/C11H14BrNO2/c12-9-3-1-2-8(4-9)11-5-13-10(6-14)7-15-11/h1-4,10-11,13-14H,5-7H2. The van der Waals surface area contributed by atoms with Gasteiger partial charge in [-0.05, 0) is 17.7 Å². The molecule has 15 heavy (non-hydrogen) atoms. The number of aliphatic hydroxyl groups excluding tert-OH is 1. The molecule has 2 unspecified atom stereocenters. The summed E-state index contributed by atoms with van der Waals surface area (Å²) in [5.41, 5.74) is 1.16. The van der Waals surface area contributed by atoms with Gasteiger partial charge < -0.3 is 15.2 Å². The minimum atomic E-state index is 0.0772. The number of morpholine rings is 1. The first-order valence-electron chi connectivity index (χ1n) is 5.01. The molecule has 4 heteroatoms. The zero-order valence-electron chi connectivity index (χ0n) is 8.32. The molecule has 1 aliphatic heterocycles. The van der Waals surface area contributed by atoms with Gasteiger partial charge in [-0.1, -0.05) is 28.1 Å². The Morgan fingerprint density at radius 1 is 1.53 bits per heavy atom. The van der Waals surface area contributed by atoms with Gasteiger partial charge in [-0.15, -0.1) is 0 Å². The molecule has 1 aromatic rings. The Kier molecular flexibility index (Phi) is 3.75. The molecule has 2 rings (SSSR count). The molecule has 1 saturated heterocycles. The van der Waals surface area contributed by atoms with Gasteiger partial charge >= 0.3 is 0 Å². The summed E-state index contributed by atoms with van der Waals surface area (Å²) in [7, 11) is 0. The lowest BCUT2D eigenvalue weighted by molar-refractivity contribution is -0.00954. The van der Waals surface area contributed by atoms with Gasteiger partial charge in [0, 0.05) is 11.0 Å². The van der Waals surface area contributed by atoms with Crippen molar-refractivity contribution in [3.8, 4) is 0 Å². The number of aliphatic hydroxyl groups is 1. The van der Waals surface area contributed by atoms with Crippen molar-refractivity contribution in [3.05, 3.63) is 34.3 Å². The molecular weight excluding hydrogens is 258 g/mol. The van der Waals surface area contributed by atoms with Gasteiger partial charge in [0.25, 0.3) is 0 Å². The number of nitrogens with one attached hydrogen (secondary N) is 1. The third-order valence-corrected chi connectivity index (χ3v) is 3.02. The molecule has 0 radical (unpaired) electrons. The molecule has 0 spiro atoms. The summed E-state index contributed by atoms with van der Waals surface area (Å²) < 4.78 is 6.74. The molecule has 3 nitrogen and oxygen atoms in total. The highest BCUT2D eigenvalue weighted by Crippen LogP contribution is 2.22. The van der Waals surface area contributed by atoms with E-state index in [1.165, 1.54) is 0 Å². The van der Waals surface area contributed by atoms with E-state index >= 15 is 0 Å². The SMILES string of the molecule is OCC1COC(c2cccc(Br)c2)CN1. The van der Waals surface area contributed by atoms with Crippen LogP contribution in [0.1, 0.15) is 11.7 Å². The second-order valence-electron chi connectivity index (χ2n) is 3.66. The fraction of sp³-hybridized carbons (Fsp3) is 0.455. The average molecular weight is 272 g/mol. The van der Waals surface area contributed by atoms with Crippen molar-refractivity contribution in [2.75, 3.05) is 19.8 Å². The maximum Gasteiger partial charge on any atom is 0.0950 e. The zero-order valence-corrected chi connectivity index (χ0v) is 9.90. The predicted octanol–water partition coefficient (Wildman–Crippen LogP) is 1.47. The van der Waals surface area contributed by atoms with E-state index in [0.717, 1.165) is 16.6 Å². The van der Waals surface area contributed by atoms with Gasteiger partial charge in [0.15, 0.2) is 0 Å². The van der Waals surface area contributed by atoms with Crippen molar-refractivity contribution in [2.24, 2.45) is 0 Å². The van der Waals surface area contributed by atoms with Crippen LogP contribution in [0.25, 0.3) is 0 Å². The predicted molar refractivity (Wildman–Crippen MR) is 61.7 cm³/mol. The largest absolute Gasteiger partial charge is 0.395 e. The normalized spacial score (nSPS) is 26.5. The molecule has 2 N–H and O–H groups in total. The minimum absolute atomic E-state index is 0.0772. The molecule has 0 aliphatic carbocycles. The Bertz CT molecular complexity index is 324. The molecule has 1 fully saturated rings. The Balaban J connectivity index is 2.01. The molecule has 0 aromatic heterocycles.